The fraction of sp³-hybridized carbons (Fsp3) is 0.208. The van der Waals surface area contributed by atoms with Gasteiger partial charge in [-0.3, -0.25) is 0 Å². The number of fused-ring (bicyclic) bond motifs is 6. The molecule has 6 aromatic carbocycles. The molecule has 0 N–H and O–H groups in total. The highest BCUT2D eigenvalue weighted by Gasteiger charge is 2.26. The van der Waals surface area contributed by atoms with Crippen LogP contribution in [0.15, 0.2) is 109 Å². The smallest absolute Gasteiger partial charge is 0.0998 e. The monoisotopic (exact) mass is 674 g/mol. The lowest BCUT2D eigenvalue weighted by Gasteiger charge is -2.20. The highest BCUT2D eigenvalue weighted by atomic mass is 15.0. The van der Waals surface area contributed by atoms with Crippen LogP contribution >= 0.6 is 0 Å². The number of rotatable bonds is 3. The van der Waals surface area contributed by atoms with E-state index in [0.29, 0.717) is 16.7 Å². The van der Waals surface area contributed by atoms with Crippen molar-refractivity contribution in [2.45, 2.75) is 66.2 Å². The Balaban J connectivity index is 1.60. The van der Waals surface area contributed by atoms with Crippen LogP contribution in [-0.2, 0) is 10.8 Å². The van der Waals surface area contributed by atoms with Gasteiger partial charge in [0.1, 0.15) is 0 Å². The Hall–Kier alpha value is -6.10. The Morgan fingerprint density at radius 1 is 0.500 bits per heavy atom. The van der Waals surface area contributed by atoms with Crippen LogP contribution in [0.3, 0.4) is 0 Å². The van der Waals surface area contributed by atoms with Crippen LogP contribution in [0.2, 0.25) is 0 Å². The number of nitrogens with zero attached hydrogens (tertiary/aromatic N) is 4. The number of aromatic nitrogens is 2. The van der Waals surface area contributed by atoms with Crippen molar-refractivity contribution in [1.82, 2.24) is 9.13 Å². The Morgan fingerprint density at radius 2 is 1.02 bits per heavy atom. The normalized spacial score (nSPS) is 12.2. The van der Waals surface area contributed by atoms with Gasteiger partial charge in [-0.25, -0.2) is 0 Å². The Kier molecular flexibility index (Phi) is 7.46. The topological polar surface area (TPSA) is 57.4 Å². The zero-order valence-electron chi connectivity index (χ0n) is 31.2. The third-order valence-electron chi connectivity index (χ3n) is 10.7. The minimum absolute atomic E-state index is 0.0133. The van der Waals surface area contributed by atoms with E-state index in [-0.39, 0.29) is 10.8 Å². The van der Waals surface area contributed by atoms with Gasteiger partial charge in [-0.05, 0) is 102 Å². The number of nitriles is 2. The SMILES string of the molecule is Cc1cccc(C)c1-n1c2ccccc2c2cc(-n3c4ccc(C(C)(C)C)cc4c4cc(C(C)(C)C)ccc43)cc(-c3c(C#N)cccc3C#N)c21. The van der Waals surface area contributed by atoms with Crippen LogP contribution in [0.4, 0.5) is 0 Å². The summed E-state index contributed by atoms with van der Waals surface area (Å²) < 4.78 is 4.72. The van der Waals surface area contributed by atoms with E-state index in [4.69, 9.17) is 0 Å². The number of hydrogen-bond acceptors (Lipinski definition) is 2. The highest BCUT2D eigenvalue weighted by Crippen LogP contribution is 2.45. The van der Waals surface area contributed by atoms with E-state index in [2.05, 4.69) is 168 Å². The lowest BCUT2D eigenvalue weighted by atomic mass is 9.85. The molecule has 0 aliphatic carbocycles. The van der Waals surface area contributed by atoms with Crippen molar-refractivity contribution in [3.8, 4) is 34.6 Å². The van der Waals surface area contributed by atoms with Gasteiger partial charge in [0.2, 0.25) is 0 Å². The van der Waals surface area contributed by atoms with Gasteiger partial charge in [-0.1, -0.05) is 96.1 Å². The third kappa shape index (κ3) is 5.02. The van der Waals surface area contributed by atoms with E-state index in [1.54, 1.807) is 6.07 Å². The zero-order chi connectivity index (χ0) is 36.7. The van der Waals surface area contributed by atoms with E-state index < -0.39 is 0 Å². The van der Waals surface area contributed by atoms with E-state index in [1.165, 1.54) is 21.9 Å². The quantitative estimate of drug-likeness (QED) is 0.187. The van der Waals surface area contributed by atoms with Gasteiger partial charge < -0.3 is 9.13 Å². The van der Waals surface area contributed by atoms with Crippen LogP contribution in [0.25, 0.3) is 66.1 Å². The molecule has 0 bridgehead atoms. The van der Waals surface area contributed by atoms with Crippen LogP contribution < -0.4 is 0 Å². The first-order chi connectivity index (χ1) is 24.8. The summed E-state index contributed by atoms with van der Waals surface area (Å²) in [6.07, 6.45) is 0. The molecular formula is C48H42N4. The van der Waals surface area contributed by atoms with E-state index in [1.807, 2.05) is 12.1 Å². The van der Waals surface area contributed by atoms with Gasteiger partial charge >= 0.3 is 0 Å². The molecule has 4 heteroatoms. The predicted octanol–water partition coefficient (Wildman–Crippen LogP) is 12.5. The summed E-state index contributed by atoms with van der Waals surface area (Å²) in [5.41, 5.74) is 13.7. The van der Waals surface area contributed by atoms with Gasteiger partial charge in [0.05, 0.1) is 51.0 Å². The minimum atomic E-state index is -0.0133. The summed E-state index contributed by atoms with van der Waals surface area (Å²) in [4.78, 5) is 0. The van der Waals surface area contributed by atoms with E-state index in [0.717, 1.165) is 60.9 Å². The van der Waals surface area contributed by atoms with Crippen molar-refractivity contribution in [3.63, 3.8) is 0 Å². The van der Waals surface area contributed by atoms with Crippen molar-refractivity contribution < 1.29 is 0 Å². The molecule has 0 unspecified atom stereocenters. The van der Waals surface area contributed by atoms with Crippen molar-refractivity contribution in [2.24, 2.45) is 0 Å². The van der Waals surface area contributed by atoms with E-state index >= 15 is 0 Å². The second-order valence-corrected chi connectivity index (χ2v) is 16.2. The molecule has 0 spiro atoms. The largest absolute Gasteiger partial charge is 0.309 e. The summed E-state index contributed by atoms with van der Waals surface area (Å²) >= 11 is 0. The maximum Gasteiger partial charge on any atom is 0.0998 e. The van der Waals surface area contributed by atoms with Crippen molar-refractivity contribution in [1.29, 1.82) is 10.5 Å². The maximum absolute atomic E-state index is 10.5. The predicted molar refractivity (Wildman–Crippen MR) is 217 cm³/mol. The molecule has 8 rings (SSSR count). The van der Waals surface area contributed by atoms with Gasteiger partial charge in [0.25, 0.3) is 0 Å². The highest BCUT2D eigenvalue weighted by molar-refractivity contribution is 6.16. The molecule has 0 saturated carbocycles. The van der Waals surface area contributed by atoms with Crippen LogP contribution in [-0.4, -0.2) is 9.13 Å². The van der Waals surface area contributed by atoms with Crippen LogP contribution in [0.1, 0.15) is 74.9 Å². The zero-order valence-corrected chi connectivity index (χ0v) is 31.2. The first-order valence-corrected chi connectivity index (χ1v) is 18.0. The first-order valence-electron chi connectivity index (χ1n) is 18.0. The average Bonchev–Trinajstić information content (AvgIpc) is 3.62. The third-order valence-corrected chi connectivity index (χ3v) is 10.7. The minimum Gasteiger partial charge on any atom is -0.309 e. The van der Waals surface area contributed by atoms with Crippen molar-refractivity contribution in [2.75, 3.05) is 0 Å². The molecule has 4 nitrogen and oxygen atoms in total. The van der Waals surface area contributed by atoms with Gasteiger partial charge in [0.15, 0.2) is 0 Å². The Bertz CT molecular complexity index is 2730. The molecule has 0 radical (unpaired) electrons. The van der Waals surface area contributed by atoms with Crippen LogP contribution in [0.5, 0.6) is 0 Å². The summed E-state index contributed by atoms with van der Waals surface area (Å²) in [5, 5.41) is 25.7. The van der Waals surface area contributed by atoms with Gasteiger partial charge in [-0.2, -0.15) is 10.5 Å². The second-order valence-electron chi connectivity index (χ2n) is 16.2. The molecule has 8 aromatic rings. The summed E-state index contributed by atoms with van der Waals surface area (Å²) in [5.74, 6) is 0. The molecule has 0 aliphatic heterocycles. The molecule has 52 heavy (non-hydrogen) atoms. The first kappa shape index (κ1) is 33.1. The Labute approximate surface area is 305 Å². The lowest BCUT2D eigenvalue weighted by molar-refractivity contribution is 0.590. The molecule has 0 amide bonds. The standard InChI is InChI=1S/C48H42N4/c1-29-13-11-14-30(2)45(29)52-41-18-10-9-17-36(41)39-25-35(26-40(46(39)52)44-31(27-49)15-12-16-32(44)28-50)51-42-21-19-33(47(3,4)5)23-37(42)38-24-34(48(6,7)8)20-22-43(38)51/h9-26H,1-8H3. The van der Waals surface area contributed by atoms with Gasteiger partial charge in [0, 0.05) is 38.4 Å². The Morgan fingerprint density at radius 3 is 1.56 bits per heavy atom. The number of hydrogen-bond donors (Lipinski definition) is 0. The number of benzene rings is 6. The van der Waals surface area contributed by atoms with Crippen molar-refractivity contribution >= 4 is 43.6 Å². The fourth-order valence-corrected chi connectivity index (χ4v) is 8.06. The summed E-state index contributed by atoms with van der Waals surface area (Å²) in [6, 6.07) is 43.5. The van der Waals surface area contributed by atoms with Crippen LogP contribution in [0, 0.1) is 36.5 Å². The molecular weight excluding hydrogens is 633 g/mol. The fourth-order valence-electron chi connectivity index (χ4n) is 8.06. The lowest BCUT2D eigenvalue weighted by Crippen LogP contribution is -2.10. The molecule has 2 aromatic heterocycles. The summed E-state index contributed by atoms with van der Waals surface area (Å²) in [7, 11) is 0. The average molecular weight is 675 g/mol. The van der Waals surface area contributed by atoms with Crippen molar-refractivity contribution in [3.05, 3.63) is 143 Å². The molecule has 0 saturated heterocycles. The molecule has 2 heterocycles. The molecule has 0 atom stereocenters. The molecule has 0 aliphatic rings. The molecule has 0 fully saturated rings. The second kappa shape index (κ2) is 11.7. The summed E-state index contributed by atoms with van der Waals surface area (Å²) in [6.45, 7) is 17.9. The maximum atomic E-state index is 10.5. The number of para-hydroxylation sites is 2. The van der Waals surface area contributed by atoms with Gasteiger partial charge in [-0.15, -0.1) is 0 Å². The van der Waals surface area contributed by atoms with E-state index in [9.17, 15) is 10.5 Å². The number of aryl methyl sites for hydroxylation is 2. The molecule has 254 valence electrons.